The van der Waals surface area contributed by atoms with Gasteiger partial charge in [-0.2, -0.15) is 0 Å². The van der Waals surface area contributed by atoms with E-state index in [1.807, 2.05) is 0 Å². The second kappa shape index (κ2) is 6.55. The van der Waals surface area contributed by atoms with Crippen molar-refractivity contribution < 1.29 is 19.4 Å². The van der Waals surface area contributed by atoms with Crippen molar-refractivity contribution in [3.05, 3.63) is 11.5 Å². The molecule has 5 nitrogen and oxygen atoms in total. The summed E-state index contributed by atoms with van der Waals surface area (Å²) in [5, 5.41) is 10.3. The van der Waals surface area contributed by atoms with Gasteiger partial charge in [-0.1, -0.05) is 0 Å². The molecule has 6 heteroatoms. The van der Waals surface area contributed by atoms with Crippen LogP contribution in [-0.4, -0.2) is 34.4 Å². The van der Waals surface area contributed by atoms with E-state index in [-0.39, 0.29) is 0 Å². The number of thioether (sulfide) groups is 1. The van der Waals surface area contributed by atoms with Crippen LogP contribution in [0.1, 0.15) is 20.8 Å². The molecule has 16 heavy (non-hydrogen) atoms. The topological polar surface area (TPSA) is 89.6 Å². The van der Waals surface area contributed by atoms with Crippen molar-refractivity contribution >= 4 is 23.7 Å². The fraction of sp³-hybridized carbons (Fsp3) is 0.600. The standard InChI is InChI=1S/C10H17NO4S/c1-4-15-7(12)5-6-16-10(2,3)8(11)9(13)14/h5-6,8H,4,11H2,1-3H3,(H,13,14). The minimum Gasteiger partial charge on any atom is -0.480 e. The number of hydrogen-bond acceptors (Lipinski definition) is 5. The molecule has 0 spiro atoms. The van der Waals surface area contributed by atoms with Crippen LogP contribution >= 0.6 is 11.8 Å². The van der Waals surface area contributed by atoms with Crippen molar-refractivity contribution in [3.8, 4) is 0 Å². The normalized spacial score (nSPS) is 13.8. The Morgan fingerprint density at radius 2 is 2.12 bits per heavy atom. The highest BCUT2D eigenvalue weighted by molar-refractivity contribution is 8.03. The molecular formula is C10H17NO4S. The first-order valence-corrected chi connectivity index (χ1v) is 5.68. The number of carbonyl (C=O) groups is 2. The molecule has 0 saturated heterocycles. The summed E-state index contributed by atoms with van der Waals surface area (Å²) in [6, 6.07) is -0.996. The van der Waals surface area contributed by atoms with Gasteiger partial charge in [0.25, 0.3) is 0 Å². The fourth-order valence-electron chi connectivity index (χ4n) is 0.826. The van der Waals surface area contributed by atoms with Gasteiger partial charge in [-0.25, -0.2) is 4.79 Å². The molecule has 0 aromatic rings. The van der Waals surface area contributed by atoms with Crippen LogP contribution in [0.15, 0.2) is 11.5 Å². The summed E-state index contributed by atoms with van der Waals surface area (Å²) in [5.74, 6) is -1.52. The van der Waals surface area contributed by atoms with Gasteiger partial charge in [0.05, 0.1) is 6.61 Å². The van der Waals surface area contributed by atoms with E-state index in [9.17, 15) is 9.59 Å². The Bertz CT molecular complexity index is 289. The highest BCUT2D eigenvalue weighted by Crippen LogP contribution is 2.28. The zero-order chi connectivity index (χ0) is 12.8. The molecule has 0 fully saturated rings. The van der Waals surface area contributed by atoms with Crippen molar-refractivity contribution in [2.24, 2.45) is 5.73 Å². The number of esters is 1. The highest BCUT2D eigenvalue weighted by atomic mass is 32.2. The van der Waals surface area contributed by atoms with E-state index in [4.69, 9.17) is 10.8 Å². The number of carbonyl (C=O) groups excluding carboxylic acids is 1. The summed E-state index contributed by atoms with van der Waals surface area (Å²) in [6.07, 6.45) is 1.25. The summed E-state index contributed by atoms with van der Waals surface area (Å²) in [7, 11) is 0. The second-order valence-corrected chi connectivity index (χ2v) is 5.15. The molecule has 1 atom stereocenters. The maximum absolute atomic E-state index is 11.0. The van der Waals surface area contributed by atoms with E-state index < -0.39 is 22.7 Å². The van der Waals surface area contributed by atoms with Gasteiger partial charge >= 0.3 is 11.9 Å². The van der Waals surface area contributed by atoms with Gasteiger partial charge in [0.2, 0.25) is 0 Å². The minimum absolute atomic E-state index is 0.311. The molecule has 0 radical (unpaired) electrons. The number of carboxylic acid groups (broad SMARTS) is 1. The van der Waals surface area contributed by atoms with Crippen LogP contribution in [0.2, 0.25) is 0 Å². The Morgan fingerprint density at radius 3 is 2.56 bits per heavy atom. The number of aliphatic carboxylic acids is 1. The Morgan fingerprint density at radius 1 is 1.56 bits per heavy atom. The lowest BCUT2D eigenvalue weighted by molar-refractivity contribution is -0.139. The Labute approximate surface area is 99.0 Å². The average molecular weight is 247 g/mol. The fourth-order valence-corrected chi connectivity index (χ4v) is 1.60. The van der Waals surface area contributed by atoms with Crippen LogP contribution in [0.5, 0.6) is 0 Å². The summed E-state index contributed by atoms with van der Waals surface area (Å²) in [6.45, 7) is 5.42. The van der Waals surface area contributed by atoms with Crippen LogP contribution in [0.3, 0.4) is 0 Å². The molecule has 0 aliphatic heterocycles. The van der Waals surface area contributed by atoms with E-state index in [1.165, 1.54) is 23.2 Å². The van der Waals surface area contributed by atoms with Crippen LogP contribution in [-0.2, 0) is 14.3 Å². The predicted octanol–water partition coefficient (Wildman–Crippen LogP) is 0.987. The molecule has 92 valence electrons. The van der Waals surface area contributed by atoms with E-state index in [2.05, 4.69) is 4.74 Å². The van der Waals surface area contributed by atoms with E-state index in [0.29, 0.717) is 6.61 Å². The molecule has 1 unspecified atom stereocenters. The maximum Gasteiger partial charge on any atom is 0.331 e. The monoisotopic (exact) mass is 247 g/mol. The first kappa shape index (κ1) is 15.0. The average Bonchev–Trinajstić information content (AvgIpc) is 2.16. The van der Waals surface area contributed by atoms with E-state index in [0.717, 1.165) is 0 Å². The van der Waals surface area contributed by atoms with Gasteiger partial charge < -0.3 is 15.6 Å². The summed E-state index contributed by atoms with van der Waals surface area (Å²) < 4.78 is 3.99. The summed E-state index contributed by atoms with van der Waals surface area (Å²) in [4.78, 5) is 21.7. The zero-order valence-corrected chi connectivity index (χ0v) is 10.4. The van der Waals surface area contributed by atoms with Crippen molar-refractivity contribution in [1.82, 2.24) is 0 Å². The van der Waals surface area contributed by atoms with Crippen molar-refractivity contribution in [2.75, 3.05) is 6.61 Å². The van der Waals surface area contributed by atoms with Gasteiger partial charge in [-0.15, -0.1) is 11.8 Å². The molecule has 0 saturated carbocycles. The first-order valence-electron chi connectivity index (χ1n) is 4.80. The number of nitrogens with two attached hydrogens (primary N) is 1. The third kappa shape index (κ3) is 5.18. The third-order valence-corrected chi connectivity index (χ3v) is 3.01. The molecule has 0 heterocycles. The third-order valence-electron chi connectivity index (χ3n) is 1.88. The lowest BCUT2D eigenvalue weighted by Crippen LogP contribution is -2.46. The molecule has 0 rings (SSSR count). The maximum atomic E-state index is 11.0. The van der Waals surface area contributed by atoms with Gasteiger partial charge in [-0.3, -0.25) is 4.79 Å². The van der Waals surface area contributed by atoms with E-state index in [1.54, 1.807) is 20.8 Å². The number of hydrogen-bond donors (Lipinski definition) is 2. The number of rotatable bonds is 6. The van der Waals surface area contributed by atoms with Crippen molar-refractivity contribution in [2.45, 2.75) is 31.6 Å². The molecule has 0 aromatic heterocycles. The van der Waals surface area contributed by atoms with Crippen LogP contribution < -0.4 is 5.73 Å². The molecule has 0 bridgehead atoms. The smallest absolute Gasteiger partial charge is 0.331 e. The molecule has 3 N–H and O–H groups in total. The van der Waals surface area contributed by atoms with Gasteiger partial charge in [-0.05, 0) is 26.2 Å². The first-order chi connectivity index (χ1) is 7.31. The number of ether oxygens (including phenoxy) is 1. The second-order valence-electron chi connectivity index (χ2n) is 3.59. The summed E-state index contributed by atoms with van der Waals surface area (Å²) >= 11 is 1.18. The molecular weight excluding hydrogens is 230 g/mol. The minimum atomic E-state index is -1.07. The lowest BCUT2D eigenvalue weighted by atomic mass is 10.1. The lowest BCUT2D eigenvalue weighted by Gasteiger charge is -2.26. The highest BCUT2D eigenvalue weighted by Gasteiger charge is 2.31. The molecule has 0 aromatic carbocycles. The predicted molar refractivity (Wildman–Crippen MR) is 63.1 cm³/mol. The van der Waals surface area contributed by atoms with Crippen molar-refractivity contribution in [1.29, 1.82) is 0 Å². The zero-order valence-electron chi connectivity index (χ0n) is 9.60. The molecule has 0 amide bonds. The number of carboxylic acids is 1. The Kier molecular flexibility index (Phi) is 6.13. The Hall–Kier alpha value is -1.01. The van der Waals surface area contributed by atoms with Gasteiger partial charge in [0.1, 0.15) is 6.04 Å². The largest absolute Gasteiger partial charge is 0.480 e. The van der Waals surface area contributed by atoms with Crippen LogP contribution in [0.25, 0.3) is 0 Å². The summed E-state index contributed by atoms with van der Waals surface area (Å²) in [5.41, 5.74) is 5.50. The quantitative estimate of drug-likeness (QED) is 0.537. The van der Waals surface area contributed by atoms with Gasteiger partial charge in [0, 0.05) is 10.8 Å². The Balaban J connectivity index is 4.28. The molecule has 0 aliphatic carbocycles. The van der Waals surface area contributed by atoms with Crippen LogP contribution in [0.4, 0.5) is 0 Å². The van der Waals surface area contributed by atoms with Crippen LogP contribution in [0, 0.1) is 0 Å². The van der Waals surface area contributed by atoms with Crippen molar-refractivity contribution in [3.63, 3.8) is 0 Å². The van der Waals surface area contributed by atoms with E-state index >= 15 is 0 Å². The molecule has 0 aliphatic rings. The SMILES string of the molecule is CCOC(=O)C=CSC(C)(C)C(N)C(=O)O. The van der Waals surface area contributed by atoms with Gasteiger partial charge in [0.15, 0.2) is 0 Å².